The van der Waals surface area contributed by atoms with E-state index in [1.807, 2.05) is 6.07 Å². The van der Waals surface area contributed by atoms with Gasteiger partial charge in [-0.15, -0.1) is 0 Å². The maximum absolute atomic E-state index is 12.2. The van der Waals surface area contributed by atoms with Crippen LogP contribution in [0.15, 0.2) is 24.3 Å². The van der Waals surface area contributed by atoms with Gasteiger partial charge in [-0.2, -0.15) is 5.26 Å². The quantitative estimate of drug-likeness (QED) is 0.719. The summed E-state index contributed by atoms with van der Waals surface area (Å²) in [6.45, 7) is 1.17. The molecule has 5 nitrogen and oxygen atoms in total. The maximum atomic E-state index is 12.2. The molecule has 17 heavy (non-hydrogen) atoms. The smallest absolute Gasteiger partial charge is 0.256 e. The number of benzene rings is 1. The van der Waals surface area contributed by atoms with Gasteiger partial charge in [0.25, 0.3) is 5.91 Å². The predicted octanol–water partition coefficient (Wildman–Crippen LogP) is 0.633. The number of carbonyl (C=O) groups is 1. The fraction of sp³-hybridized carbons (Fsp3) is 0.333. The molecule has 0 aliphatic carbocycles. The van der Waals surface area contributed by atoms with Crippen LogP contribution in [0.1, 0.15) is 10.4 Å². The SMILES string of the molecule is N#CC1CN(C(=O)c2ccccc2N)CCO1. The average molecular weight is 231 g/mol. The lowest BCUT2D eigenvalue weighted by Crippen LogP contribution is -2.45. The Morgan fingerprint density at radius 2 is 2.29 bits per heavy atom. The number of para-hydroxylation sites is 1. The second kappa shape index (κ2) is 4.85. The largest absolute Gasteiger partial charge is 0.398 e. The minimum absolute atomic E-state index is 0.147. The topological polar surface area (TPSA) is 79.4 Å². The number of rotatable bonds is 1. The van der Waals surface area contributed by atoms with Crippen LogP contribution in [0.25, 0.3) is 0 Å². The van der Waals surface area contributed by atoms with Gasteiger partial charge in [0.05, 0.1) is 24.8 Å². The number of hydrogen-bond donors (Lipinski definition) is 1. The van der Waals surface area contributed by atoms with Gasteiger partial charge < -0.3 is 15.4 Å². The second-order valence-corrected chi connectivity index (χ2v) is 3.83. The first kappa shape index (κ1) is 11.4. The highest BCUT2D eigenvalue weighted by Crippen LogP contribution is 2.15. The minimum atomic E-state index is -0.544. The minimum Gasteiger partial charge on any atom is -0.398 e. The molecule has 1 fully saturated rings. The molecule has 1 aliphatic heterocycles. The number of nitrogens with zero attached hydrogens (tertiary/aromatic N) is 2. The van der Waals surface area contributed by atoms with Gasteiger partial charge in [0.2, 0.25) is 0 Å². The monoisotopic (exact) mass is 231 g/mol. The zero-order chi connectivity index (χ0) is 12.3. The Morgan fingerprint density at radius 3 is 3.00 bits per heavy atom. The van der Waals surface area contributed by atoms with E-state index in [-0.39, 0.29) is 5.91 Å². The van der Waals surface area contributed by atoms with Crippen molar-refractivity contribution in [3.05, 3.63) is 29.8 Å². The molecular formula is C12H13N3O2. The van der Waals surface area contributed by atoms with E-state index in [0.717, 1.165) is 0 Å². The molecule has 0 bridgehead atoms. The lowest BCUT2D eigenvalue weighted by atomic mass is 10.1. The number of hydrogen-bond acceptors (Lipinski definition) is 4. The Morgan fingerprint density at radius 1 is 1.53 bits per heavy atom. The normalized spacial score (nSPS) is 19.7. The summed E-state index contributed by atoms with van der Waals surface area (Å²) in [4.78, 5) is 13.8. The third kappa shape index (κ3) is 2.37. The first-order chi connectivity index (χ1) is 8.22. The van der Waals surface area contributed by atoms with Crippen LogP contribution in [-0.2, 0) is 4.74 Å². The number of carbonyl (C=O) groups excluding carboxylic acids is 1. The summed E-state index contributed by atoms with van der Waals surface area (Å²) in [6.07, 6.45) is -0.544. The molecule has 5 heteroatoms. The van der Waals surface area contributed by atoms with Crippen molar-refractivity contribution in [3.8, 4) is 6.07 Å². The molecule has 0 aromatic heterocycles. The summed E-state index contributed by atoms with van der Waals surface area (Å²) in [7, 11) is 0. The van der Waals surface area contributed by atoms with Crippen molar-refractivity contribution in [2.75, 3.05) is 25.4 Å². The summed E-state index contributed by atoms with van der Waals surface area (Å²) in [5.74, 6) is -0.147. The van der Waals surface area contributed by atoms with E-state index in [2.05, 4.69) is 0 Å². The van der Waals surface area contributed by atoms with Crippen LogP contribution in [0, 0.1) is 11.3 Å². The maximum Gasteiger partial charge on any atom is 0.256 e. The number of morpholine rings is 1. The van der Waals surface area contributed by atoms with Crippen LogP contribution in [0.4, 0.5) is 5.69 Å². The van der Waals surface area contributed by atoms with E-state index < -0.39 is 6.10 Å². The van der Waals surface area contributed by atoms with Crippen molar-refractivity contribution < 1.29 is 9.53 Å². The molecule has 0 saturated carbocycles. The fourth-order valence-corrected chi connectivity index (χ4v) is 1.77. The third-order valence-electron chi connectivity index (χ3n) is 2.69. The van der Waals surface area contributed by atoms with Gasteiger partial charge in [0.1, 0.15) is 0 Å². The van der Waals surface area contributed by atoms with Crippen LogP contribution in [0.3, 0.4) is 0 Å². The van der Waals surface area contributed by atoms with Crippen molar-refractivity contribution in [2.45, 2.75) is 6.10 Å². The lowest BCUT2D eigenvalue weighted by molar-refractivity contribution is 0.00351. The lowest BCUT2D eigenvalue weighted by Gasteiger charge is -2.30. The van der Waals surface area contributed by atoms with E-state index in [4.69, 9.17) is 15.7 Å². The highest BCUT2D eigenvalue weighted by atomic mass is 16.5. The first-order valence-corrected chi connectivity index (χ1v) is 5.37. The van der Waals surface area contributed by atoms with Gasteiger partial charge in [0.15, 0.2) is 6.10 Å². The molecule has 1 unspecified atom stereocenters. The fourth-order valence-electron chi connectivity index (χ4n) is 1.77. The summed E-state index contributed by atoms with van der Waals surface area (Å²) in [5, 5.41) is 8.78. The number of amides is 1. The molecule has 1 atom stereocenters. The summed E-state index contributed by atoms with van der Waals surface area (Å²) >= 11 is 0. The molecule has 2 N–H and O–H groups in total. The second-order valence-electron chi connectivity index (χ2n) is 3.83. The molecule has 1 heterocycles. The highest BCUT2D eigenvalue weighted by Gasteiger charge is 2.25. The van der Waals surface area contributed by atoms with Crippen LogP contribution in [0.5, 0.6) is 0 Å². The number of nitriles is 1. The molecule has 1 aromatic rings. The molecule has 1 saturated heterocycles. The summed E-state index contributed by atoms with van der Waals surface area (Å²) < 4.78 is 5.19. The Kier molecular flexibility index (Phi) is 3.26. The molecule has 88 valence electrons. The molecule has 0 radical (unpaired) electrons. The van der Waals surface area contributed by atoms with Gasteiger partial charge in [-0.1, -0.05) is 12.1 Å². The number of anilines is 1. The van der Waals surface area contributed by atoms with Crippen LogP contribution >= 0.6 is 0 Å². The zero-order valence-electron chi connectivity index (χ0n) is 9.30. The molecule has 0 spiro atoms. The van der Waals surface area contributed by atoms with Crippen LogP contribution in [0.2, 0.25) is 0 Å². The van der Waals surface area contributed by atoms with E-state index in [0.29, 0.717) is 30.9 Å². The highest BCUT2D eigenvalue weighted by molar-refractivity contribution is 5.99. The molecule has 1 amide bonds. The van der Waals surface area contributed by atoms with E-state index >= 15 is 0 Å². The number of ether oxygens (including phenoxy) is 1. The van der Waals surface area contributed by atoms with Crippen molar-refractivity contribution >= 4 is 11.6 Å². The van der Waals surface area contributed by atoms with E-state index in [9.17, 15) is 4.79 Å². The predicted molar refractivity (Wildman–Crippen MR) is 62.1 cm³/mol. The Hall–Kier alpha value is -2.06. The van der Waals surface area contributed by atoms with E-state index in [1.54, 1.807) is 29.2 Å². The zero-order valence-corrected chi connectivity index (χ0v) is 9.30. The van der Waals surface area contributed by atoms with Gasteiger partial charge in [-0.3, -0.25) is 4.79 Å². The van der Waals surface area contributed by atoms with Crippen LogP contribution < -0.4 is 5.73 Å². The van der Waals surface area contributed by atoms with Gasteiger partial charge >= 0.3 is 0 Å². The molecular weight excluding hydrogens is 218 g/mol. The number of nitrogen functional groups attached to an aromatic ring is 1. The third-order valence-corrected chi connectivity index (χ3v) is 2.69. The standard InChI is InChI=1S/C12H13N3O2/c13-7-9-8-15(5-6-17-9)12(16)10-3-1-2-4-11(10)14/h1-4,9H,5-6,8,14H2. The Labute approximate surface area is 99.4 Å². The van der Waals surface area contributed by atoms with Gasteiger partial charge in [0, 0.05) is 12.2 Å². The van der Waals surface area contributed by atoms with Crippen LogP contribution in [-0.4, -0.2) is 36.6 Å². The first-order valence-electron chi connectivity index (χ1n) is 5.37. The summed E-state index contributed by atoms with van der Waals surface area (Å²) in [6, 6.07) is 8.94. The van der Waals surface area contributed by atoms with Gasteiger partial charge in [-0.05, 0) is 12.1 Å². The van der Waals surface area contributed by atoms with Crippen molar-refractivity contribution in [2.24, 2.45) is 0 Å². The Balaban J connectivity index is 2.16. The van der Waals surface area contributed by atoms with Gasteiger partial charge in [-0.25, -0.2) is 0 Å². The Bertz CT molecular complexity index is 467. The average Bonchev–Trinajstić information content (AvgIpc) is 2.38. The van der Waals surface area contributed by atoms with Crippen molar-refractivity contribution in [1.29, 1.82) is 5.26 Å². The van der Waals surface area contributed by atoms with Crippen molar-refractivity contribution in [3.63, 3.8) is 0 Å². The molecule has 1 aliphatic rings. The number of nitrogens with two attached hydrogens (primary N) is 1. The van der Waals surface area contributed by atoms with Crippen molar-refractivity contribution in [1.82, 2.24) is 4.90 Å². The molecule has 2 rings (SSSR count). The summed E-state index contributed by atoms with van der Waals surface area (Å²) in [5.41, 5.74) is 6.69. The molecule has 1 aromatic carbocycles. The van der Waals surface area contributed by atoms with E-state index in [1.165, 1.54) is 0 Å².